The van der Waals surface area contributed by atoms with Crippen LogP contribution in [0.2, 0.25) is 0 Å². The molecule has 0 fully saturated rings. The van der Waals surface area contributed by atoms with Crippen molar-refractivity contribution in [2.45, 2.75) is 26.0 Å². The molecule has 0 saturated heterocycles. The van der Waals surface area contributed by atoms with Crippen LogP contribution in [-0.4, -0.2) is 36.2 Å². The number of aliphatic hydroxyl groups is 1. The molecule has 0 radical (unpaired) electrons. The zero-order valence-electron chi connectivity index (χ0n) is 14.8. The molecule has 0 unspecified atom stereocenters. The molecule has 0 saturated carbocycles. The minimum absolute atomic E-state index is 0.226. The lowest BCUT2D eigenvalue weighted by Gasteiger charge is -2.22. The Morgan fingerprint density at radius 1 is 1.16 bits per heavy atom. The maximum absolute atomic E-state index is 12.3. The van der Waals surface area contributed by atoms with E-state index in [0.717, 1.165) is 23.3 Å². The van der Waals surface area contributed by atoms with Crippen LogP contribution in [0.5, 0.6) is 5.75 Å². The number of para-hydroxylation sites is 1. The summed E-state index contributed by atoms with van der Waals surface area (Å²) in [6, 6.07) is 16.8. The molecule has 1 atom stereocenters. The van der Waals surface area contributed by atoms with Gasteiger partial charge in [-0.25, -0.2) is 4.79 Å². The van der Waals surface area contributed by atoms with Crippen LogP contribution in [0.4, 0.5) is 4.79 Å². The van der Waals surface area contributed by atoms with Crippen LogP contribution in [-0.2, 0) is 6.54 Å². The van der Waals surface area contributed by atoms with Gasteiger partial charge in [-0.2, -0.15) is 0 Å². The number of hydrogen-bond donors (Lipinski definition) is 2. The van der Waals surface area contributed by atoms with Crippen LogP contribution in [0.1, 0.15) is 30.6 Å². The monoisotopic (exact) mass is 342 g/mol. The molecule has 5 nitrogen and oxygen atoms in total. The first-order valence-electron chi connectivity index (χ1n) is 8.54. The van der Waals surface area contributed by atoms with Crippen molar-refractivity contribution in [3.63, 3.8) is 0 Å². The van der Waals surface area contributed by atoms with Crippen molar-refractivity contribution in [2.24, 2.45) is 0 Å². The number of urea groups is 1. The van der Waals surface area contributed by atoms with Gasteiger partial charge in [-0.05, 0) is 18.1 Å². The van der Waals surface area contributed by atoms with E-state index in [1.165, 1.54) is 4.90 Å². The summed E-state index contributed by atoms with van der Waals surface area (Å²) in [6.07, 6.45) is 0.220. The molecular weight excluding hydrogens is 316 g/mol. The molecule has 2 N–H and O–H groups in total. The predicted molar refractivity (Wildman–Crippen MR) is 98.5 cm³/mol. The molecule has 25 heavy (non-hydrogen) atoms. The van der Waals surface area contributed by atoms with Crippen molar-refractivity contribution in [2.75, 3.05) is 20.2 Å². The van der Waals surface area contributed by atoms with E-state index in [-0.39, 0.29) is 12.6 Å². The number of nitrogens with one attached hydrogen (secondary N) is 1. The molecule has 0 heterocycles. The summed E-state index contributed by atoms with van der Waals surface area (Å²) in [6.45, 7) is 3.31. The molecule has 0 spiro atoms. The minimum Gasteiger partial charge on any atom is -0.493 e. The molecule has 134 valence electrons. The van der Waals surface area contributed by atoms with Gasteiger partial charge < -0.3 is 20.1 Å². The normalized spacial score (nSPS) is 11.6. The number of hydrogen-bond acceptors (Lipinski definition) is 3. The van der Waals surface area contributed by atoms with Gasteiger partial charge in [0.05, 0.1) is 19.3 Å². The second-order valence-electron chi connectivity index (χ2n) is 5.92. The first kappa shape index (κ1) is 18.8. The van der Waals surface area contributed by atoms with Crippen molar-refractivity contribution < 1.29 is 14.6 Å². The third kappa shape index (κ3) is 5.80. The lowest BCUT2D eigenvalue weighted by molar-refractivity contribution is 0.131. The summed E-state index contributed by atoms with van der Waals surface area (Å²) in [5, 5.41) is 13.1. The number of benzene rings is 2. The van der Waals surface area contributed by atoms with E-state index in [1.807, 2.05) is 54.6 Å². The highest BCUT2D eigenvalue weighted by Crippen LogP contribution is 2.18. The molecule has 0 bridgehead atoms. The lowest BCUT2D eigenvalue weighted by Crippen LogP contribution is -2.39. The Bertz CT molecular complexity index is 661. The van der Waals surface area contributed by atoms with Crippen molar-refractivity contribution in [1.29, 1.82) is 0 Å². The van der Waals surface area contributed by atoms with Crippen LogP contribution in [0.25, 0.3) is 0 Å². The molecule has 5 heteroatoms. The standard InChI is InChI=1S/C20H26N2O3/c1-3-13-25-19-12-8-7-11-17(19)14-21-20(24)22(2)15-18(23)16-9-5-4-6-10-16/h4-12,18,23H,3,13-15H2,1-2H3,(H,21,24)/t18-/m1/s1. The van der Waals surface area contributed by atoms with Crippen LogP contribution in [0.15, 0.2) is 54.6 Å². The maximum atomic E-state index is 12.3. The van der Waals surface area contributed by atoms with Gasteiger partial charge >= 0.3 is 6.03 Å². The number of amides is 2. The Hall–Kier alpha value is -2.53. The summed E-state index contributed by atoms with van der Waals surface area (Å²) >= 11 is 0. The van der Waals surface area contributed by atoms with Crippen LogP contribution < -0.4 is 10.1 Å². The third-order valence-corrected chi connectivity index (χ3v) is 3.84. The first-order valence-corrected chi connectivity index (χ1v) is 8.54. The Labute approximate surface area is 149 Å². The number of carbonyl (C=O) groups is 1. The average molecular weight is 342 g/mol. The van der Waals surface area contributed by atoms with Gasteiger partial charge in [-0.1, -0.05) is 55.5 Å². The van der Waals surface area contributed by atoms with Gasteiger partial charge in [0.25, 0.3) is 0 Å². The van der Waals surface area contributed by atoms with E-state index in [4.69, 9.17) is 4.74 Å². The zero-order chi connectivity index (χ0) is 18.1. The van der Waals surface area contributed by atoms with Crippen LogP contribution >= 0.6 is 0 Å². The topological polar surface area (TPSA) is 61.8 Å². The Balaban J connectivity index is 1.87. The second-order valence-corrected chi connectivity index (χ2v) is 5.92. The molecule has 0 aliphatic rings. The molecule has 0 aliphatic heterocycles. The van der Waals surface area contributed by atoms with Crippen LogP contribution in [0.3, 0.4) is 0 Å². The molecule has 0 aliphatic carbocycles. The van der Waals surface area contributed by atoms with E-state index >= 15 is 0 Å². The number of nitrogens with zero attached hydrogens (tertiary/aromatic N) is 1. The fourth-order valence-corrected chi connectivity index (χ4v) is 2.43. The van der Waals surface area contributed by atoms with Gasteiger partial charge in [0.2, 0.25) is 0 Å². The Morgan fingerprint density at radius 2 is 1.84 bits per heavy atom. The quantitative estimate of drug-likeness (QED) is 0.773. The highest BCUT2D eigenvalue weighted by atomic mass is 16.5. The summed E-state index contributed by atoms with van der Waals surface area (Å²) in [4.78, 5) is 13.8. The predicted octanol–water partition coefficient (Wildman–Crippen LogP) is 3.35. The lowest BCUT2D eigenvalue weighted by atomic mass is 10.1. The largest absolute Gasteiger partial charge is 0.493 e. The molecule has 2 amide bonds. The fraction of sp³-hybridized carbons (Fsp3) is 0.350. The smallest absolute Gasteiger partial charge is 0.317 e. The summed E-state index contributed by atoms with van der Waals surface area (Å²) in [7, 11) is 1.67. The van der Waals surface area contributed by atoms with Crippen molar-refractivity contribution in [3.8, 4) is 5.75 Å². The Morgan fingerprint density at radius 3 is 2.56 bits per heavy atom. The number of aliphatic hydroxyl groups excluding tert-OH is 1. The number of likely N-dealkylation sites (N-methyl/N-ethyl adjacent to an activating group) is 1. The molecule has 2 aromatic rings. The van der Waals surface area contributed by atoms with E-state index in [0.29, 0.717) is 13.2 Å². The number of ether oxygens (including phenoxy) is 1. The van der Waals surface area contributed by atoms with Gasteiger partial charge in [0.15, 0.2) is 0 Å². The molecule has 2 rings (SSSR count). The summed E-state index contributed by atoms with van der Waals surface area (Å²) < 4.78 is 5.70. The van der Waals surface area contributed by atoms with Gasteiger partial charge in [-0.15, -0.1) is 0 Å². The SMILES string of the molecule is CCCOc1ccccc1CNC(=O)N(C)C[C@@H](O)c1ccccc1. The number of rotatable bonds is 8. The summed E-state index contributed by atoms with van der Waals surface area (Å²) in [5.74, 6) is 0.789. The molecular formula is C20H26N2O3. The Kier molecular flexibility index (Phi) is 7.29. The average Bonchev–Trinajstić information content (AvgIpc) is 2.65. The maximum Gasteiger partial charge on any atom is 0.317 e. The highest BCUT2D eigenvalue weighted by molar-refractivity contribution is 5.74. The number of carbonyl (C=O) groups excluding carboxylic acids is 1. The van der Waals surface area contributed by atoms with Crippen molar-refractivity contribution in [3.05, 3.63) is 65.7 Å². The van der Waals surface area contributed by atoms with E-state index in [2.05, 4.69) is 12.2 Å². The van der Waals surface area contributed by atoms with E-state index in [9.17, 15) is 9.90 Å². The second kappa shape index (κ2) is 9.69. The van der Waals surface area contributed by atoms with E-state index in [1.54, 1.807) is 7.05 Å². The minimum atomic E-state index is -0.711. The van der Waals surface area contributed by atoms with Crippen molar-refractivity contribution >= 4 is 6.03 Å². The van der Waals surface area contributed by atoms with Crippen molar-refractivity contribution in [1.82, 2.24) is 10.2 Å². The van der Waals surface area contributed by atoms with Crippen LogP contribution in [0, 0.1) is 0 Å². The molecule has 0 aromatic heterocycles. The van der Waals surface area contributed by atoms with Gasteiger partial charge in [0, 0.05) is 19.2 Å². The first-order chi connectivity index (χ1) is 12.1. The summed E-state index contributed by atoms with van der Waals surface area (Å²) in [5.41, 5.74) is 1.72. The fourth-order valence-electron chi connectivity index (χ4n) is 2.43. The van der Waals surface area contributed by atoms with E-state index < -0.39 is 6.10 Å². The van der Waals surface area contributed by atoms with Gasteiger partial charge in [-0.3, -0.25) is 0 Å². The van der Waals surface area contributed by atoms with Gasteiger partial charge in [0.1, 0.15) is 5.75 Å². The third-order valence-electron chi connectivity index (χ3n) is 3.84. The molecule has 2 aromatic carbocycles. The zero-order valence-corrected chi connectivity index (χ0v) is 14.8. The highest BCUT2D eigenvalue weighted by Gasteiger charge is 2.15.